The highest BCUT2D eigenvalue weighted by Crippen LogP contribution is 2.55. The van der Waals surface area contributed by atoms with Gasteiger partial charge in [0.1, 0.15) is 11.6 Å². The molecule has 0 N–H and O–H groups in total. The van der Waals surface area contributed by atoms with Crippen LogP contribution in [0.25, 0.3) is 0 Å². The molecule has 1 atom stereocenters. The van der Waals surface area contributed by atoms with E-state index in [4.69, 9.17) is 4.74 Å². The minimum atomic E-state index is -4.52. The fourth-order valence-electron chi connectivity index (χ4n) is 4.68. The molecule has 0 unspecified atom stereocenters. The lowest BCUT2D eigenvalue weighted by atomic mass is 10.0. The first-order chi connectivity index (χ1) is 17.1. The zero-order valence-electron chi connectivity index (χ0n) is 19.0. The lowest BCUT2D eigenvalue weighted by Crippen LogP contribution is -2.50. The number of alkyl halides is 3. The second-order valence-electron chi connectivity index (χ2n) is 8.43. The van der Waals surface area contributed by atoms with Gasteiger partial charge in [-0.3, -0.25) is 9.59 Å². The molecule has 1 saturated heterocycles. The molecule has 0 aliphatic carbocycles. The average Bonchev–Trinajstić information content (AvgIpc) is 3.40. The van der Waals surface area contributed by atoms with Crippen molar-refractivity contribution in [1.82, 2.24) is 4.90 Å². The zero-order valence-corrected chi connectivity index (χ0v) is 19.8. The second kappa shape index (κ2) is 8.85. The van der Waals surface area contributed by atoms with Gasteiger partial charge in [0, 0.05) is 23.4 Å². The topological polar surface area (TPSA) is 49.9 Å². The predicted molar refractivity (Wildman–Crippen MR) is 127 cm³/mol. The molecular weight excluding hydrogens is 496 g/mol. The van der Waals surface area contributed by atoms with Gasteiger partial charge >= 0.3 is 6.18 Å². The first-order valence-electron chi connectivity index (χ1n) is 11.0. The molecule has 0 bridgehead atoms. The summed E-state index contributed by atoms with van der Waals surface area (Å²) in [5.41, 5.74) is 0.568. The van der Waals surface area contributed by atoms with Gasteiger partial charge in [-0.25, -0.2) is 4.39 Å². The van der Waals surface area contributed by atoms with Crippen molar-refractivity contribution >= 4 is 29.3 Å². The monoisotopic (exact) mass is 516 g/mol. The van der Waals surface area contributed by atoms with E-state index in [2.05, 4.69) is 0 Å². The molecular formula is C26H20F4N2O3S. The fraction of sp³-hybridized carbons (Fsp3) is 0.231. The van der Waals surface area contributed by atoms with Crippen molar-refractivity contribution in [3.05, 3.63) is 94.8 Å². The summed E-state index contributed by atoms with van der Waals surface area (Å²) in [4.78, 5) is 28.9. The number of ether oxygens (including phenoxy) is 1. The molecule has 0 radical (unpaired) electrons. The zero-order chi connectivity index (χ0) is 25.7. The van der Waals surface area contributed by atoms with Crippen molar-refractivity contribution in [2.75, 3.05) is 24.3 Å². The van der Waals surface area contributed by atoms with Gasteiger partial charge in [0.05, 0.1) is 24.9 Å². The van der Waals surface area contributed by atoms with Crippen molar-refractivity contribution in [3.8, 4) is 5.75 Å². The third-order valence-electron chi connectivity index (χ3n) is 6.31. The number of rotatable bonds is 4. The number of fused-ring (bicyclic) bond motifs is 2. The molecule has 3 aromatic carbocycles. The van der Waals surface area contributed by atoms with Gasteiger partial charge in [-0.2, -0.15) is 13.2 Å². The van der Waals surface area contributed by atoms with E-state index in [1.54, 1.807) is 18.2 Å². The van der Waals surface area contributed by atoms with Crippen LogP contribution in [0.4, 0.5) is 23.2 Å². The van der Waals surface area contributed by atoms with Gasteiger partial charge in [-0.1, -0.05) is 18.2 Å². The number of carbonyl (C=O) groups excluding carboxylic acids is 2. The Morgan fingerprint density at radius 1 is 1.08 bits per heavy atom. The molecule has 2 aliphatic heterocycles. The molecule has 2 amide bonds. The summed E-state index contributed by atoms with van der Waals surface area (Å²) in [5, 5.41) is 0. The third-order valence-corrected chi connectivity index (χ3v) is 7.73. The van der Waals surface area contributed by atoms with Crippen molar-refractivity contribution in [2.24, 2.45) is 0 Å². The van der Waals surface area contributed by atoms with E-state index < -0.39 is 34.2 Å². The number of hydrogen-bond acceptors (Lipinski definition) is 4. The summed E-state index contributed by atoms with van der Waals surface area (Å²) in [5.74, 6) is -0.626. The smallest absolute Gasteiger partial charge is 0.416 e. The molecule has 186 valence electrons. The lowest BCUT2D eigenvalue weighted by Gasteiger charge is -2.33. The highest BCUT2D eigenvalue weighted by atomic mass is 32.2. The Hall–Kier alpha value is -3.53. The largest absolute Gasteiger partial charge is 0.497 e. The van der Waals surface area contributed by atoms with E-state index in [1.807, 2.05) is 0 Å². The van der Waals surface area contributed by atoms with Crippen LogP contribution < -0.4 is 9.64 Å². The first-order valence-corrected chi connectivity index (χ1v) is 12.0. The van der Waals surface area contributed by atoms with E-state index in [-0.39, 0.29) is 18.7 Å². The fourth-order valence-corrected chi connectivity index (χ4v) is 6.14. The van der Waals surface area contributed by atoms with Crippen LogP contribution in [0.5, 0.6) is 5.75 Å². The number of halogens is 4. The molecule has 10 heteroatoms. The molecule has 0 saturated carbocycles. The maximum atomic E-state index is 14.1. The summed E-state index contributed by atoms with van der Waals surface area (Å²) < 4.78 is 59.1. The van der Waals surface area contributed by atoms with Crippen LogP contribution in [0.3, 0.4) is 0 Å². The Labute approximate surface area is 208 Å². The highest BCUT2D eigenvalue weighted by Gasteiger charge is 2.59. The van der Waals surface area contributed by atoms with Gasteiger partial charge < -0.3 is 14.5 Å². The van der Waals surface area contributed by atoms with Crippen LogP contribution in [-0.2, 0) is 22.4 Å². The molecule has 1 spiro atoms. The van der Waals surface area contributed by atoms with E-state index in [9.17, 15) is 27.2 Å². The second-order valence-corrected chi connectivity index (χ2v) is 9.72. The van der Waals surface area contributed by atoms with Gasteiger partial charge in [0.25, 0.3) is 11.8 Å². The van der Waals surface area contributed by atoms with Crippen LogP contribution >= 0.6 is 11.8 Å². The Morgan fingerprint density at radius 3 is 2.58 bits per heavy atom. The molecule has 2 heterocycles. The molecule has 3 aromatic rings. The number of hydrogen-bond donors (Lipinski definition) is 0. The molecule has 5 nitrogen and oxygen atoms in total. The normalized spacial score (nSPS) is 19.2. The van der Waals surface area contributed by atoms with Crippen LogP contribution in [0.1, 0.15) is 27.0 Å². The predicted octanol–water partition coefficient (Wildman–Crippen LogP) is 5.44. The number of amides is 2. The van der Waals surface area contributed by atoms with Gasteiger partial charge in [0.15, 0.2) is 4.87 Å². The first kappa shape index (κ1) is 24.2. The van der Waals surface area contributed by atoms with Crippen LogP contribution in [0, 0.1) is 5.82 Å². The summed E-state index contributed by atoms with van der Waals surface area (Å²) in [6.07, 6.45) is -4.52. The van der Waals surface area contributed by atoms with E-state index in [0.717, 1.165) is 18.2 Å². The number of benzene rings is 3. The summed E-state index contributed by atoms with van der Waals surface area (Å²) in [6.45, 7) is 0.117. The van der Waals surface area contributed by atoms with Gasteiger partial charge in [-0.15, -0.1) is 11.8 Å². The number of anilines is 1. The maximum Gasteiger partial charge on any atom is 0.416 e. The maximum absolute atomic E-state index is 14.1. The third kappa shape index (κ3) is 3.89. The van der Waals surface area contributed by atoms with Gasteiger partial charge in [0.2, 0.25) is 0 Å². The Morgan fingerprint density at radius 2 is 1.86 bits per heavy atom. The Kier molecular flexibility index (Phi) is 5.94. The molecule has 0 aromatic heterocycles. The van der Waals surface area contributed by atoms with Crippen molar-refractivity contribution in [3.63, 3.8) is 0 Å². The average molecular weight is 517 g/mol. The van der Waals surface area contributed by atoms with E-state index in [0.29, 0.717) is 28.3 Å². The van der Waals surface area contributed by atoms with Crippen LogP contribution in [-0.4, -0.2) is 36.1 Å². The van der Waals surface area contributed by atoms with Crippen LogP contribution in [0.2, 0.25) is 0 Å². The summed E-state index contributed by atoms with van der Waals surface area (Å²) in [7, 11) is 1.48. The van der Waals surface area contributed by atoms with E-state index in [1.165, 1.54) is 59.0 Å². The minimum Gasteiger partial charge on any atom is -0.497 e. The molecule has 1 fully saturated rings. The molecule has 36 heavy (non-hydrogen) atoms. The lowest BCUT2D eigenvalue weighted by molar-refractivity contribution is -0.137. The quantitative estimate of drug-likeness (QED) is 0.434. The number of carbonyl (C=O) groups is 2. The number of thioether (sulfide) groups is 1. The Bertz CT molecular complexity index is 1360. The van der Waals surface area contributed by atoms with E-state index >= 15 is 0 Å². The van der Waals surface area contributed by atoms with Crippen molar-refractivity contribution in [1.29, 1.82) is 0 Å². The molecule has 2 aliphatic rings. The van der Waals surface area contributed by atoms with Crippen molar-refractivity contribution in [2.45, 2.75) is 17.6 Å². The molecule has 5 rings (SSSR count). The minimum absolute atomic E-state index is 0.102. The van der Waals surface area contributed by atoms with Crippen LogP contribution in [0.15, 0.2) is 66.7 Å². The van der Waals surface area contributed by atoms with Crippen molar-refractivity contribution < 1.29 is 31.9 Å². The highest BCUT2D eigenvalue weighted by molar-refractivity contribution is 8.01. The summed E-state index contributed by atoms with van der Waals surface area (Å²) in [6, 6.07) is 15.0. The summed E-state index contributed by atoms with van der Waals surface area (Å²) >= 11 is 1.26. The number of methoxy groups -OCH3 is 1. The number of nitrogens with zero attached hydrogens (tertiary/aromatic N) is 2. The SMILES string of the molecule is COc1ccc2c(c1)[C@]1(SCCN1C(=O)c1cccc(F)c1)C(=O)N2Cc1cccc(C(F)(F)F)c1. The standard InChI is InChI=1S/C26H20F4N2O3S/c1-35-20-8-9-22-21(14-20)25(32(10-11-36-25)23(33)17-5-3-7-19(27)13-17)24(34)31(22)15-16-4-2-6-18(12-16)26(28,29)30/h2-9,12-14H,10-11,15H2,1H3/t25-/m0/s1. The van der Waals surface area contributed by atoms with Gasteiger partial charge in [-0.05, 0) is 54.1 Å². The Balaban J connectivity index is 1.59.